The molecule has 0 aliphatic rings. The van der Waals surface area contributed by atoms with E-state index in [0.717, 1.165) is 24.2 Å². The van der Waals surface area contributed by atoms with Gasteiger partial charge in [-0.05, 0) is 30.5 Å². The molecule has 0 saturated heterocycles. The highest BCUT2D eigenvalue weighted by molar-refractivity contribution is 7.99. The number of rotatable bonds is 5. The first-order chi connectivity index (χ1) is 8.24. The van der Waals surface area contributed by atoms with Crippen LogP contribution in [0.3, 0.4) is 0 Å². The van der Waals surface area contributed by atoms with Gasteiger partial charge in [0, 0.05) is 5.75 Å². The summed E-state index contributed by atoms with van der Waals surface area (Å²) in [5, 5.41) is 7.15. The van der Waals surface area contributed by atoms with E-state index in [2.05, 4.69) is 15.2 Å². The minimum atomic E-state index is -0.183. The summed E-state index contributed by atoms with van der Waals surface area (Å²) in [6.45, 7) is 0. The van der Waals surface area contributed by atoms with Crippen molar-refractivity contribution in [3.8, 4) is 0 Å². The van der Waals surface area contributed by atoms with Gasteiger partial charge < -0.3 is 5.73 Å². The van der Waals surface area contributed by atoms with Crippen molar-refractivity contribution in [2.45, 2.75) is 18.0 Å². The van der Waals surface area contributed by atoms with Crippen molar-refractivity contribution in [2.24, 2.45) is 0 Å². The third-order valence-corrected chi connectivity index (χ3v) is 3.15. The molecule has 3 N–H and O–H groups in total. The molecule has 0 saturated carbocycles. The predicted octanol–water partition coefficient (Wildman–Crippen LogP) is 2.25. The Morgan fingerprint density at radius 3 is 3.00 bits per heavy atom. The van der Waals surface area contributed by atoms with E-state index in [4.69, 9.17) is 5.73 Å². The van der Waals surface area contributed by atoms with Gasteiger partial charge in [-0.25, -0.2) is 9.49 Å². The van der Waals surface area contributed by atoms with E-state index in [1.54, 1.807) is 12.1 Å². The number of aryl methyl sites for hydroxylation is 1. The number of nitrogens with two attached hydrogens (primary N) is 1. The van der Waals surface area contributed by atoms with Gasteiger partial charge in [0.2, 0.25) is 11.1 Å². The number of nitrogen functional groups attached to an aromatic ring is 1. The maximum Gasteiger partial charge on any atom is 0.216 e. The minimum absolute atomic E-state index is 0.183. The second-order valence-corrected chi connectivity index (χ2v) is 4.65. The van der Waals surface area contributed by atoms with E-state index in [1.807, 2.05) is 6.07 Å². The molecule has 0 aliphatic carbocycles. The van der Waals surface area contributed by atoms with Crippen LogP contribution in [0.5, 0.6) is 0 Å². The molecule has 1 heterocycles. The average molecular weight is 252 g/mol. The number of halogens is 1. The highest BCUT2D eigenvalue weighted by atomic mass is 32.2. The average Bonchev–Trinajstić information content (AvgIpc) is 2.71. The van der Waals surface area contributed by atoms with Crippen molar-refractivity contribution in [1.82, 2.24) is 15.2 Å². The Labute approximate surface area is 103 Å². The maximum atomic E-state index is 12.9. The van der Waals surface area contributed by atoms with E-state index in [-0.39, 0.29) is 5.82 Å². The van der Waals surface area contributed by atoms with E-state index in [9.17, 15) is 4.39 Å². The molecular formula is C11H13FN4S. The molecule has 4 nitrogen and oxygen atoms in total. The summed E-state index contributed by atoms with van der Waals surface area (Å²) in [5.41, 5.74) is 6.42. The quantitative estimate of drug-likeness (QED) is 0.632. The Kier molecular flexibility index (Phi) is 3.98. The summed E-state index contributed by atoms with van der Waals surface area (Å²) in [7, 11) is 0. The van der Waals surface area contributed by atoms with Crippen LogP contribution in [0.4, 0.5) is 10.3 Å². The van der Waals surface area contributed by atoms with Crippen molar-refractivity contribution in [1.29, 1.82) is 0 Å². The lowest BCUT2D eigenvalue weighted by Crippen LogP contribution is -1.89. The molecule has 0 unspecified atom stereocenters. The van der Waals surface area contributed by atoms with Gasteiger partial charge in [0.1, 0.15) is 5.82 Å². The first-order valence-corrected chi connectivity index (χ1v) is 6.28. The number of hydrogen-bond acceptors (Lipinski definition) is 4. The van der Waals surface area contributed by atoms with Crippen LogP contribution in [-0.4, -0.2) is 20.9 Å². The molecule has 2 aromatic rings. The van der Waals surface area contributed by atoms with Crippen LogP contribution in [0.25, 0.3) is 0 Å². The fourth-order valence-corrected chi connectivity index (χ4v) is 2.20. The van der Waals surface area contributed by atoms with Crippen LogP contribution < -0.4 is 5.73 Å². The highest BCUT2D eigenvalue weighted by Crippen LogP contribution is 2.15. The van der Waals surface area contributed by atoms with Gasteiger partial charge in [0.25, 0.3) is 0 Å². The number of aromatic nitrogens is 3. The summed E-state index contributed by atoms with van der Waals surface area (Å²) in [4.78, 5) is 3.98. The zero-order chi connectivity index (χ0) is 12.1. The highest BCUT2D eigenvalue weighted by Gasteiger charge is 2.01. The van der Waals surface area contributed by atoms with Gasteiger partial charge in [-0.2, -0.15) is 4.98 Å². The number of hydrogen-bond donors (Lipinski definition) is 2. The van der Waals surface area contributed by atoms with E-state index in [0.29, 0.717) is 11.1 Å². The minimum Gasteiger partial charge on any atom is -0.368 e. The van der Waals surface area contributed by atoms with E-state index < -0.39 is 0 Å². The van der Waals surface area contributed by atoms with Crippen molar-refractivity contribution in [3.63, 3.8) is 0 Å². The zero-order valence-corrected chi connectivity index (χ0v) is 10.0. The third-order valence-electron chi connectivity index (χ3n) is 2.21. The Morgan fingerprint density at radius 2 is 2.29 bits per heavy atom. The second kappa shape index (κ2) is 5.67. The number of H-pyrrole nitrogens is 1. The molecule has 0 atom stereocenters. The fraction of sp³-hybridized carbons (Fsp3) is 0.273. The number of aromatic amines is 1. The zero-order valence-electron chi connectivity index (χ0n) is 9.19. The predicted molar refractivity (Wildman–Crippen MR) is 66.2 cm³/mol. The summed E-state index contributed by atoms with van der Waals surface area (Å²) < 4.78 is 12.9. The number of nitrogens with zero attached hydrogens (tertiary/aromatic N) is 2. The molecule has 17 heavy (non-hydrogen) atoms. The van der Waals surface area contributed by atoms with Crippen molar-refractivity contribution >= 4 is 17.7 Å². The van der Waals surface area contributed by atoms with Crippen molar-refractivity contribution in [2.75, 3.05) is 11.5 Å². The van der Waals surface area contributed by atoms with Crippen LogP contribution in [0.1, 0.15) is 12.0 Å². The van der Waals surface area contributed by atoms with E-state index >= 15 is 0 Å². The molecule has 0 spiro atoms. The molecule has 0 aliphatic heterocycles. The topological polar surface area (TPSA) is 67.6 Å². The molecule has 1 aromatic heterocycles. The van der Waals surface area contributed by atoms with Crippen LogP contribution >= 0.6 is 11.8 Å². The molecule has 90 valence electrons. The molecule has 1 aromatic carbocycles. The van der Waals surface area contributed by atoms with Crippen LogP contribution in [0.15, 0.2) is 29.4 Å². The van der Waals surface area contributed by atoms with Gasteiger partial charge >= 0.3 is 0 Å². The number of nitrogens with one attached hydrogen (secondary N) is 1. The number of thioether (sulfide) groups is 1. The van der Waals surface area contributed by atoms with Gasteiger partial charge in [-0.15, -0.1) is 5.10 Å². The standard InChI is InChI=1S/C11H13FN4S/c12-9-5-1-3-8(7-9)4-2-6-17-11-14-10(13)15-16-11/h1,3,5,7H,2,4,6H2,(H3,13,14,15,16). The van der Waals surface area contributed by atoms with Crippen molar-refractivity contribution < 1.29 is 4.39 Å². The monoisotopic (exact) mass is 252 g/mol. The Bertz CT molecular complexity index is 486. The summed E-state index contributed by atoms with van der Waals surface area (Å²) >= 11 is 1.54. The second-order valence-electron chi connectivity index (χ2n) is 3.59. The Balaban J connectivity index is 1.73. The maximum absolute atomic E-state index is 12.9. The lowest BCUT2D eigenvalue weighted by Gasteiger charge is -2.00. The Hall–Kier alpha value is -1.56. The Morgan fingerprint density at radius 1 is 1.41 bits per heavy atom. The lowest BCUT2D eigenvalue weighted by molar-refractivity contribution is 0.625. The molecule has 0 radical (unpaired) electrons. The molecule has 2 rings (SSSR count). The van der Waals surface area contributed by atoms with Crippen LogP contribution in [0, 0.1) is 5.82 Å². The third kappa shape index (κ3) is 3.74. The summed E-state index contributed by atoms with van der Waals surface area (Å²) in [5.74, 6) is 1.03. The van der Waals surface area contributed by atoms with Gasteiger partial charge in [0.15, 0.2) is 0 Å². The fourth-order valence-electron chi connectivity index (χ4n) is 1.45. The number of anilines is 1. The molecule has 0 amide bonds. The summed E-state index contributed by atoms with van der Waals surface area (Å²) in [6, 6.07) is 6.68. The first-order valence-electron chi connectivity index (χ1n) is 5.29. The summed E-state index contributed by atoms with van der Waals surface area (Å²) in [6.07, 6.45) is 1.80. The van der Waals surface area contributed by atoms with Crippen molar-refractivity contribution in [3.05, 3.63) is 35.6 Å². The van der Waals surface area contributed by atoms with Gasteiger partial charge in [0.05, 0.1) is 0 Å². The molecule has 0 bridgehead atoms. The molecule has 0 fully saturated rings. The molecule has 6 heteroatoms. The largest absolute Gasteiger partial charge is 0.368 e. The van der Waals surface area contributed by atoms with Gasteiger partial charge in [-0.3, -0.25) is 0 Å². The van der Waals surface area contributed by atoms with E-state index in [1.165, 1.54) is 17.8 Å². The smallest absolute Gasteiger partial charge is 0.216 e. The first kappa shape index (κ1) is 11.9. The normalized spacial score (nSPS) is 10.6. The number of benzene rings is 1. The van der Waals surface area contributed by atoms with Crippen LogP contribution in [0.2, 0.25) is 0 Å². The van der Waals surface area contributed by atoms with Gasteiger partial charge in [-0.1, -0.05) is 23.9 Å². The van der Waals surface area contributed by atoms with Crippen LogP contribution in [-0.2, 0) is 6.42 Å². The molecular weight excluding hydrogens is 239 g/mol. The lowest BCUT2D eigenvalue weighted by atomic mass is 10.1. The SMILES string of the molecule is Nc1nc(SCCCc2cccc(F)c2)n[nH]1.